The molecule has 0 aliphatic carbocycles. The lowest BCUT2D eigenvalue weighted by Gasteiger charge is -2.18. The second-order valence-corrected chi connectivity index (χ2v) is 5.17. The van der Waals surface area contributed by atoms with Crippen LogP contribution in [0.15, 0.2) is 24.3 Å². The van der Waals surface area contributed by atoms with Gasteiger partial charge in [0.15, 0.2) is 0 Å². The molecule has 0 aliphatic heterocycles. The summed E-state index contributed by atoms with van der Waals surface area (Å²) < 4.78 is 0. The molecule has 15 heavy (non-hydrogen) atoms. The molecule has 0 amide bonds. The fourth-order valence-electron chi connectivity index (χ4n) is 1.61. The van der Waals surface area contributed by atoms with E-state index >= 15 is 0 Å². The molecule has 2 heteroatoms. The normalized spacial score (nSPS) is 11.7. The van der Waals surface area contributed by atoms with Crippen molar-refractivity contribution in [2.75, 3.05) is 6.61 Å². The minimum Gasteiger partial charge on any atom is -0.304 e. The SMILES string of the molecule is CC(C)(C)Cc1ccc(CCON)cc1. The minimum atomic E-state index is 0.349. The minimum absolute atomic E-state index is 0.349. The van der Waals surface area contributed by atoms with Gasteiger partial charge in [0.1, 0.15) is 0 Å². The summed E-state index contributed by atoms with van der Waals surface area (Å²) >= 11 is 0. The van der Waals surface area contributed by atoms with E-state index in [0.717, 1.165) is 12.8 Å². The van der Waals surface area contributed by atoms with E-state index in [1.807, 2.05) is 0 Å². The first-order valence-electron chi connectivity index (χ1n) is 5.41. The van der Waals surface area contributed by atoms with Crippen molar-refractivity contribution in [3.8, 4) is 0 Å². The molecule has 1 rings (SSSR count). The van der Waals surface area contributed by atoms with Crippen molar-refractivity contribution in [3.05, 3.63) is 35.4 Å². The number of benzene rings is 1. The van der Waals surface area contributed by atoms with Crippen LogP contribution in [0.5, 0.6) is 0 Å². The molecule has 0 fully saturated rings. The van der Waals surface area contributed by atoms with Crippen molar-refractivity contribution in [1.29, 1.82) is 0 Å². The van der Waals surface area contributed by atoms with Gasteiger partial charge in [0.05, 0.1) is 6.61 Å². The molecule has 0 spiro atoms. The van der Waals surface area contributed by atoms with Crippen LogP contribution in [0.4, 0.5) is 0 Å². The predicted octanol–water partition coefficient (Wildman–Crippen LogP) is 2.71. The van der Waals surface area contributed by atoms with Crippen LogP contribution in [0, 0.1) is 5.41 Å². The standard InChI is InChI=1S/C13H21NO/c1-13(2,3)10-12-6-4-11(5-7-12)8-9-15-14/h4-7H,8-10,14H2,1-3H3. The Morgan fingerprint density at radius 3 is 2.07 bits per heavy atom. The van der Waals surface area contributed by atoms with Crippen LogP contribution in [0.3, 0.4) is 0 Å². The fraction of sp³-hybridized carbons (Fsp3) is 0.538. The Kier molecular flexibility index (Phi) is 4.30. The molecule has 1 aromatic rings. The van der Waals surface area contributed by atoms with Gasteiger partial charge in [-0.15, -0.1) is 0 Å². The van der Waals surface area contributed by atoms with E-state index in [4.69, 9.17) is 5.90 Å². The Labute approximate surface area is 92.4 Å². The van der Waals surface area contributed by atoms with Gasteiger partial charge in [0.25, 0.3) is 0 Å². The molecule has 84 valence electrons. The topological polar surface area (TPSA) is 35.2 Å². The van der Waals surface area contributed by atoms with Crippen molar-refractivity contribution < 1.29 is 4.84 Å². The molecule has 0 bridgehead atoms. The van der Waals surface area contributed by atoms with Crippen molar-refractivity contribution in [2.45, 2.75) is 33.6 Å². The maximum Gasteiger partial charge on any atom is 0.0719 e. The van der Waals surface area contributed by atoms with Gasteiger partial charge in [0, 0.05) is 0 Å². The first-order valence-corrected chi connectivity index (χ1v) is 5.41. The molecule has 0 heterocycles. The van der Waals surface area contributed by atoms with Crippen LogP contribution in [0.25, 0.3) is 0 Å². The van der Waals surface area contributed by atoms with Gasteiger partial charge in [-0.1, -0.05) is 45.0 Å². The maximum atomic E-state index is 4.99. The molecule has 1 aromatic carbocycles. The molecular formula is C13H21NO. The molecule has 0 aliphatic rings. The molecule has 0 atom stereocenters. The summed E-state index contributed by atoms with van der Waals surface area (Å²) in [7, 11) is 0. The second-order valence-electron chi connectivity index (χ2n) is 5.17. The van der Waals surface area contributed by atoms with Crippen LogP contribution in [-0.2, 0) is 17.7 Å². The zero-order valence-electron chi connectivity index (χ0n) is 9.92. The van der Waals surface area contributed by atoms with Gasteiger partial charge in [-0.2, -0.15) is 0 Å². The van der Waals surface area contributed by atoms with E-state index in [2.05, 4.69) is 49.9 Å². The monoisotopic (exact) mass is 207 g/mol. The molecule has 2 N–H and O–H groups in total. The van der Waals surface area contributed by atoms with Crippen molar-refractivity contribution in [1.82, 2.24) is 0 Å². The molecule has 0 aromatic heterocycles. The summed E-state index contributed by atoms with van der Waals surface area (Å²) in [5, 5.41) is 0. The number of hydrogen-bond donors (Lipinski definition) is 1. The van der Waals surface area contributed by atoms with Crippen LogP contribution in [-0.4, -0.2) is 6.61 Å². The summed E-state index contributed by atoms with van der Waals surface area (Å²) in [5.41, 5.74) is 3.01. The number of nitrogens with two attached hydrogens (primary N) is 1. The Balaban J connectivity index is 2.56. The highest BCUT2D eigenvalue weighted by Crippen LogP contribution is 2.20. The van der Waals surface area contributed by atoms with Crippen molar-refractivity contribution >= 4 is 0 Å². The quantitative estimate of drug-likeness (QED) is 0.770. The van der Waals surface area contributed by atoms with E-state index in [1.54, 1.807) is 0 Å². The van der Waals surface area contributed by atoms with E-state index < -0.39 is 0 Å². The number of rotatable bonds is 4. The van der Waals surface area contributed by atoms with E-state index in [-0.39, 0.29) is 0 Å². The maximum absolute atomic E-state index is 4.99. The summed E-state index contributed by atoms with van der Waals surface area (Å²) in [6, 6.07) is 8.69. The van der Waals surface area contributed by atoms with Gasteiger partial charge in [-0.3, -0.25) is 0 Å². The smallest absolute Gasteiger partial charge is 0.0719 e. The molecule has 0 saturated heterocycles. The molecule has 0 unspecified atom stereocenters. The number of hydrogen-bond acceptors (Lipinski definition) is 2. The molecule has 0 saturated carbocycles. The van der Waals surface area contributed by atoms with Crippen LogP contribution < -0.4 is 5.90 Å². The second kappa shape index (κ2) is 5.29. The average molecular weight is 207 g/mol. The molecular weight excluding hydrogens is 186 g/mol. The van der Waals surface area contributed by atoms with Crippen molar-refractivity contribution in [2.24, 2.45) is 11.3 Å². The first-order chi connectivity index (χ1) is 7.01. The third-order valence-corrected chi connectivity index (χ3v) is 2.27. The van der Waals surface area contributed by atoms with Gasteiger partial charge in [0.2, 0.25) is 0 Å². The Hall–Kier alpha value is -0.860. The first kappa shape index (κ1) is 12.2. The van der Waals surface area contributed by atoms with Crippen LogP contribution >= 0.6 is 0 Å². The van der Waals surface area contributed by atoms with E-state index in [1.165, 1.54) is 11.1 Å². The Morgan fingerprint density at radius 2 is 1.60 bits per heavy atom. The average Bonchev–Trinajstić information content (AvgIpc) is 2.14. The fourth-order valence-corrected chi connectivity index (χ4v) is 1.61. The van der Waals surface area contributed by atoms with Gasteiger partial charge in [-0.25, -0.2) is 5.90 Å². The van der Waals surface area contributed by atoms with E-state index in [9.17, 15) is 0 Å². The zero-order valence-corrected chi connectivity index (χ0v) is 9.92. The van der Waals surface area contributed by atoms with Crippen LogP contribution in [0.2, 0.25) is 0 Å². The van der Waals surface area contributed by atoms with Gasteiger partial charge >= 0.3 is 0 Å². The highest BCUT2D eigenvalue weighted by Gasteiger charge is 2.10. The van der Waals surface area contributed by atoms with E-state index in [0.29, 0.717) is 12.0 Å². The third kappa shape index (κ3) is 4.96. The highest BCUT2D eigenvalue weighted by atomic mass is 16.6. The lowest BCUT2D eigenvalue weighted by Crippen LogP contribution is -2.09. The van der Waals surface area contributed by atoms with Crippen LogP contribution in [0.1, 0.15) is 31.9 Å². The Bertz CT molecular complexity index is 284. The third-order valence-electron chi connectivity index (χ3n) is 2.27. The largest absolute Gasteiger partial charge is 0.304 e. The zero-order chi connectivity index (χ0) is 11.3. The lowest BCUT2D eigenvalue weighted by molar-refractivity contribution is 0.141. The highest BCUT2D eigenvalue weighted by molar-refractivity contribution is 5.23. The summed E-state index contributed by atoms with van der Waals surface area (Å²) in [6.45, 7) is 7.34. The molecule has 0 radical (unpaired) electrons. The summed E-state index contributed by atoms with van der Waals surface area (Å²) in [5.74, 6) is 4.99. The lowest BCUT2D eigenvalue weighted by atomic mass is 9.88. The molecule has 2 nitrogen and oxygen atoms in total. The predicted molar refractivity (Wildman–Crippen MR) is 63.4 cm³/mol. The van der Waals surface area contributed by atoms with Gasteiger partial charge in [-0.05, 0) is 29.4 Å². The van der Waals surface area contributed by atoms with Crippen molar-refractivity contribution in [3.63, 3.8) is 0 Å². The van der Waals surface area contributed by atoms with Gasteiger partial charge < -0.3 is 4.84 Å². The summed E-state index contributed by atoms with van der Waals surface area (Å²) in [4.78, 5) is 4.56. The summed E-state index contributed by atoms with van der Waals surface area (Å²) in [6.07, 6.45) is 1.99. The Morgan fingerprint density at radius 1 is 1.07 bits per heavy atom.